The van der Waals surface area contributed by atoms with Gasteiger partial charge in [0.1, 0.15) is 0 Å². The van der Waals surface area contributed by atoms with Crippen LogP contribution in [0.25, 0.3) is 0 Å². The summed E-state index contributed by atoms with van der Waals surface area (Å²) in [5.41, 5.74) is 5.90. The number of rotatable bonds is 7. The van der Waals surface area contributed by atoms with Gasteiger partial charge in [-0.05, 0) is 37.3 Å². The van der Waals surface area contributed by atoms with Crippen LogP contribution in [0.3, 0.4) is 0 Å². The van der Waals surface area contributed by atoms with Gasteiger partial charge in [0, 0.05) is 16.2 Å². The van der Waals surface area contributed by atoms with Gasteiger partial charge >= 0.3 is 0 Å². The van der Waals surface area contributed by atoms with Crippen LogP contribution in [0.4, 0.5) is 0 Å². The van der Waals surface area contributed by atoms with Crippen molar-refractivity contribution in [2.45, 2.75) is 48.8 Å². The SMILES string of the molecule is CC(C)C[C@H](N)C(=O)NCC1(Sc2ccccc2)CC1.Cl. The Morgan fingerprint density at radius 1 is 1.33 bits per heavy atom. The maximum atomic E-state index is 12.0. The van der Waals surface area contributed by atoms with Crippen molar-refractivity contribution in [2.75, 3.05) is 6.54 Å². The number of carbonyl (C=O) groups excluding carboxylic acids is 1. The van der Waals surface area contributed by atoms with E-state index in [0.717, 1.165) is 25.8 Å². The van der Waals surface area contributed by atoms with Crippen LogP contribution >= 0.6 is 24.2 Å². The fourth-order valence-corrected chi connectivity index (χ4v) is 3.43. The minimum Gasteiger partial charge on any atom is -0.353 e. The Labute approximate surface area is 137 Å². The molecule has 118 valence electrons. The van der Waals surface area contributed by atoms with Gasteiger partial charge in [-0.1, -0.05) is 32.0 Å². The lowest BCUT2D eigenvalue weighted by molar-refractivity contribution is -0.122. The molecule has 1 aromatic rings. The molecule has 1 aliphatic rings. The zero-order chi connectivity index (χ0) is 14.6. The fraction of sp³-hybridized carbons (Fsp3) is 0.562. The average molecular weight is 329 g/mol. The summed E-state index contributed by atoms with van der Waals surface area (Å²) in [7, 11) is 0. The summed E-state index contributed by atoms with van der Waals surface area (Å²) < 4.78 is 0.189. The number of thioether (sulfide) groups is 1. The normalized spacial score (nSPS) is 17.0. The molecule has 21 heavy (non-hydrogen) atoms. The van der Waals surface area contributed by atoms with Crippen LogP contribution in [0.2, 0.25) is 0 Å². The monoisotopic (exact) mass is 328 g/mol. The minimum absolute atomic E-state index is 0. The van der Waals surface area contributed by atoms with E-state index in [1.807, 2.05) is 17.8 Å². The van der Waals surface area contributed by atoms with Crippen LogP contribution < -0.4 is 11.1 Å². The van der Waals surface area contributed by atoms with E-state index >= 15 is 0 Å². The molecule has 0 spiro atoms. The van der Waals surface area contributed by atoms with Crippen molar-refractivity contribution in [1.29, 1.82) is 0 Å². The summed E-state index contributed by atoms with van der Waals surface area (Å²) in [6.45, 7) is 4.89. The third-order valence-corrected chi connectivity index (χ3v) is 5.03. The highest BCUT2D eigenvalue weighted by atomic mass is 35.5. The first-order valence-electron chi connectivity index (χ1n) is 7.28. The molecule has 0 saturated heterocycles. The van der Waals surface area contributed by atoms with Crippen molar-refractivity contribution >= 4 is 30.1 Å². The first-order valence-corrected chi connectivity index (χ1v) is 8.10. The lowest BCUT2D eigenvalue weighted by atomic mass is 10.0. The van der Waals surface area contributed by atoms with E-state index in [-0.39, 0.29) is 29.1 Å². The first-order chi connectivity index (χ1) is 9.51. The van der Waals surface area contributed by atoms with Crippen LogP contribution in [0, 0.1) is 5.92 Å². The Kier molecular flexibility index (Phi) is 7.04. The molecule has 0 bridgehead atoms. The quantitative estimate of drug-likeness (QED) is 0.808. The van der Waals surface area contributed by atoms with Gasteiger partial charge in [-0.15, -0.1) is 24.2 Å². The molecule has 1 aromatic carbocycles. The van der Waals surface area contributed by atoms with Crippen molar-refractivity contribution in [2.24, 2.45) is 11.7 Å². The van der Waals surface area contributed by atoms with Crippen LogP contribution in [0.1, 0.15) is 33.1 Å². The van der Waals surface area contributed by atoms with Crippen molar-refractivity contribution in [1.82, 2.24) is 5.32 Å². The molecular formula is C16H25ClN2OS. The van der Waals surface area contributed by atoms with E-state index in [1.54, 1.807) is 0 Å². The molecule has 1 aliphatic carbocycles. The summed E-state index contributed by atoms with van der Waals surface area (Å²) >= 11 is 1.87. The fourth-order valence-electron chi connectivity index (χ4n) is 2.19. The van der Waals surface area contributed by atoms with Gasteiger partial charge < -0.3 is 11.1 Å². The Morgan fingerprint density at radius 2 is 1.95 bits per heavy atom. The summed E-state index contributed by atoms with van der Waals surface area (Å²) in [4.78, 5) is 13.2. The minimum atomic E-state index is -0.382. The van der Waals surface area contributed by atoms with Gasteiger partial charge in [0.05, 0.1) is 6.04 Å². The molecule has 1 saturated carbocycles. The molecular weight excluding hydrogens is 304 g/mol. The number of nitrogens with one attached hydrogen (secondary N) is 1. The molecule has 2 rings (SSSR count). The zero-order valence-electron chi connectivity index (χ0n) is 12.7. The van der Waals surface area contributed by atoms with Gasteiger partial charge in [0.25, 0.3) is 0 Å². The van der Waals surface area contributed by atoms with E-state index in [0.29, 0.717) is 5.92 Å². The second-order valence-corrected chi connectivity index (χ2v) is 7.59. The Bertz CT molecular complexity index is 449. The zero-order valence-corrected chi connectivity index (χ0v) is 14.3. The lowest BCUT2D eigenvalue weighted by Crippen LogP contribution is -2.44. The Morgan fingerprint density at radius 3 is 2.48 bits per heavy atom. The molecule has 0 heterocycles. The van der Waals surface area contributed by atoms with Gasteiger partial charge in [-0.2, -0.15) is 0 Å². The number of nitrogens with two attached hydrogens (primary N) is 1. The van der Waals surface area contributed by atoms with E-state index in [4.69, 9.17) is 5.73 Å². The topological polar surface area (TPSA) is 55.1 Å². The molecule has 3 N–H and O–H groups in total. The molecule has 3 nitrogen and oxygen atoms in total. The number of halogens is 1. The summed E-state index contributed by atoms with van der Waals surface area (Å²) in [5, 5.41) is 3.03. The second-order valence-electron chi connectivity index (χ2n) is 6.05. The van der Waals surface area contributed by atoms with Crippen molar-refractivity contribution in [3.63, 3.8) is 0 Å². The number of carbonyl (C=O) groups is 1. The van der Waals surface area contributed by atoms with Crippen molar-refractivity contribution in [3.8, 4) is 0 Å². The van der Waals surface area contributed by atoms with Gasteiger partial charge in [0.2, 0.25) is 5.91 Å². The van der Waals surface area contributed by atoms with Crippen LogP contribution in [0.5, 0.6) is 0 Å². The van der Waals surface area contributed by atoms with Crippen molar-refractivity contribution in [3.05, 3.63) is 30.3 Å². The van der Waals surface area contributed by atoms with E-state index in [1.165, 1.54) is 4.90 Å². The van der Waals surface area contributed by atoms with E-state index < -0.39 is 0 Å². The number of benzene rings is 1. The third-order valence-electron chi connectivity index (χ3n) is 3.53. The standard InChI is InChI=1S/C16H24N2OS.ClH/c1-12(2)10-14(17)15(19)18-11-16(8-9-16)20-13-6-4-3-5-7-13;/h3-7,12,14H,8-11,17H2,1-2H3,(H,18,19);1H/t14-;/m0./s1. The molecule has 1 amide bonds. The van der Waals surface area contributed by atoms with E-state index in [9.17, 15) is 4.79 Å². The van der Waals surface area contributed by atoms with Crippen LogP contribution in [-0.4, -0.2) is 23.2 Å². The van der Waals surface area contributed by atoms with Gasteiger partial charge in [-0.3, -0.25) is 4.79 Å². The second kappa shape index (κ2) is 8.06. The van der Waals surface area contributed by atoms with E-state index in [2.05, 4.69) is 43.4 Å². The third kappa shape index (κ3) is 5.89. The smallest absolute Gasteiger partial charge is 0.236 e. The van der Waals surface area contributed by atoms with Crippen molar-refractivity contribution < 1.29 is 4.79 Å². The Balaban J connectivity index is 0.00000220. The molecule has 0 radical (unpaired) electrons. The van der Waals surface area contributed by atoms with Gasteiger partial charge in [0.15, 0.2) is 0 Å². The molecule has 0 unspecified atom stereocenters. The molecule has 0 aliphatic heterocycles. The largest absolute Gasteiger partial charge is 0.353 e. The number of amides is 1. The van der Waals surface area contributed by atoms with Gasteiger partial charge in [-0.25, -0.2) is 0 Å². The average Bonchev–Trinajstić information content (AvgIpc) is 3.16. The predicted molar refractivity (Wildman–Crippen MR) is 92.0 cm³/mol. The summed E-state index contributed by atoms with van der Waals surface area (Å²) in [6, 6.07) is 9.99. The highest BCUT2D eigenvalue weighted by molar-refractivity contribution is 8.01. The maximum Gasteiger partial charge on any atom is 0.236 e. The highest BCUT2D eigenvalue weighted by Crippen LogP contribution is 2.51. The van der Waals surface area contributed by atoms with Crippen LogP contribution in [-0.2, 0) is 4.79 Å². The molecule has 1 atom stereocenters. The summed E-state index contributed by atoms with van der Waals surface area (Å²) in [5.74, 6) is 0.433. The Hall–Kier alpha value is -0.710. The molecule has 0 aromatic heterocycles. The maximum absolute atomic E-state index is 12.0. The lowest BCUT2D eigenvalue weighted by Gasteiger charge is -2.18. The number of hydrogen-bond donors (Lipinski definition) is 2. The number of hydrogen-bond acceptors (Lipinski definition) is 3. The first kappa shape index (κ1) is 18.3. The highest BCUT2D eigenvalue weighted by Gasteiger charge is 2.44. The molecule has 5 heteroatoms. The van der Waals surface area contributed by atoms with Crippen LogP contribution in [0.15, 0.2) is 35.2 Å². The molecule has 1 fully saturated rings. The predicted octanol–water partition coefficient (Wildman–Crippen LogP) is 3.22. The summed E-state index contributed by atoms with van der Waals surface area (Å²) in [6.07, 6.45) is 3.06.